The number of primary amides is 2. The van der Waals surface area contributed by atoms with Crippen LogP contribution in [0.1, 0.15) is 208 Å². The lowest BCUT2D eigenvalue weighted by Gasteiger charge is -2.34. The predicted octanol–water partition coefficient (Wildman–Crippen LogP) is 6.24. The first-order chi connectivity index (χ1) is 30.6. The molecule has 0 atom stereocenters. The largest absolute Gasteiger partial charge is 0.481 e. The van der Waals surface area contributed by atoms with Crippen molar-refractivity contribution in [1.29, 1.82) is 0 Å². The number of carbonyl (C=O) groups is 3. The number of aliphatic hydroxyl groups excluding tert-OH is 2. The molecule has 66 heavy (non-hydrogen) atoms. The minimum absolute atomic E-state index is 0.0697. The molecule has 0 aromatic heterocycles. The molecule has 6 aliphatic rings. The van der Waals surface area contributed by atoms with Gasteiger partial charge < -0.3 is 63.5 Å². The number of carbonyl (C=O) groups excluding carboxylic acids is 2. The van der Waals surface area contributed by atoms with Gasteiger partial charge in [-0.1, -0.05) is 41.5 Å². The molecule has 0 radical (unpaired) electrons. The average Bonchev–Trinajstić information content (AvgIpc) is 3.26. The molecule has 6 rings (SSSR count). The number of hydrogen-bond acceptors (Lipinski definition) is 11. The Morgan fingerprint density at radius 3 is 1.05 bits per heavy atom. The fourth-order valence-corrected chi connectivity index (χ4v) is 9.64. The first-order valence-electron chi connectivity index (χ1n) is 25.4. The molecule has 0 aliphatic heterocycles. The molecular formula is C51H97N5O10. The lowest BCUT2D eigenvalue weighted by molar-refractivity contribution is -0.144. The summed E-state index contributed by atoms with van der Waals surface area (Å²) in [7, 11) is 0. The molecule has 15 N–H and O–H groups in total. The molecule has 0 aromatic rings. The van der Waals surface area contributed by atoms with E-state index in [0.717, 1.165) is 146 Å². The summed E-state index contributed by atoms with van der Waals surface area (Å²) in [6, 6.07) is 0. The molecule has 6 aliphatic carbocycles. The van der Waals surface area contributed by atoms with Gasteiger partial charge in [-0.05, 0) is 190 Å². The number of carboxylic acids is 1. The van der Waals surface area contributed by atoms with Crippen LogP contribution in [0.25, 0.3) is 4.85 Å². The van der Waals surface area contributed by atoms with Gasteiger partial charge in [-0.2, -0.15) is 0 Å². The van der Waals surface area contributed by atoms with E-state index in [1.807, 2.05) is 0 Å². The second-order valence-electron chi connectivity index (χ2n) is 22.7. The number of hydrogen-bond donors (Lipinski definition) is 11. The molecule has 0 heterocycles. The minimum Gasteiger partial charge on any atom is -0.481 e. The summed E-state index contributed by atoms with van der Waals surface area (Å²) in [5, 5.41) is 65.2. The molecule has 15 nitrogen and oxygen atoms in total. The van der Waals surface area contributed by atoms with E-state index in [9.17, 15) is 34.8 Å². The fraction of sp³-hybridized carbons (Fsp3) is 0.922. The van der Waals surface area contributed by atoms with Crippen LogP contribution in [0, 0.1) is 42.1 Å². The number of carboxylic acid groups (broad SMARTS) is 1. The van der Waals surface area contributed by atoms with Gasteiger partial charge >= 0.3 is 5.97 Å². The zero-order valence-corrected chi connectivity index (χ0v) is 42.1. The van der Waals surface area contributed by atoms with Crippen molar-refractivity contribution in [3.8, 4) is 0 Å². The first kappa shape index (κ1) is 61.6. The molecule has 0 saturated heterocycles. The number of nitrogens with zero attached hydrogens (tertiary/aromatic N) is 1. The summed E-state index contributed by atoms with van der Waals surface area (Å²) in [4.78, 5) is 35.1. The van der Waals surface area contributed by atoms with Gasteiger partial charge in [0.2, 0.25) is 18.4 Å². The zero-order chi connectivity index (χ0) is 50.4. The topological polar surface area (TPSA) is 301 Å². The Balaban J connectivity index is 0.000000397. The Morgan fingerprint density at radius 2 is 0.773 bits per heavy atom. The quantitative estimate of drug-likeness (QED) is 0.121. The van der Waals surface area contributed by atoms with Crippen molar-refractivity contribution in [3.05, 3.63) is 11.4 Å². The highest BCUT2D eigenvalue weighted by Crippen LogP contribution is 2.36. The van der Waals surface area contributed by atoms with Gasteiger partial charge in [0, 0.05) is 5.54 Å². The second-order valence-corrected chi connectivity index (χ2v) is 22.7. The van der Waals surface area contributed by atoms with Crippen LogP contribution in [0.2, 0.25) is 0 Å². The van der Waals surface area contributed by atoms with Crippen LogP contribution in [0.15, 0.2) is 0 Å². The van der Waals surface area contributed by atoms with Gasteiger partial charge in [0.15, 0.2) is 0 Å². The summed E-state index contributed by atoms with van der Waals surface area (Å²) in [6.07, 6.45) is 22.0. The van der Waals surface area contributed by atoms with Crippen molar-refractivity contribution in [2.75, 3.05) is 19.8 Å². The molecule has 2 amide bonds. The highest BCUT2D eigenvalue weighted by atomic mass is 16.4. The summed E-state index contributed by atoms with van der Waals surface area (Å²) in [5.74, 6) is 2.66. The number of nitrogens with two attached hydrogens (primary N) is 4. The van der Waals surface area contributed by atoms with Gasteiger partial charge in [-0.3, -0.25) is 14.4 Å². The zero-order valence-electron chi connectivity index (χ0n) is 42.1. The third-order valence-electron chi connectivity index (χ3n) is 15.7. The maximum Gasteiger partial charge on any atom is 0.306 e. The monoisotopic (exact) mass is 940 g/mol. The fourth-order valence-electron chi connectivity index (χ4n) is 9.64. The molecular weight excluding hydrogens is 843 g/mol. The van der Waals surface area contributed by atoms with Crippen molar-refractivity contribution >= 4 is 17.8 Å². The smallest absolute Gasteiger partial charge is 0.306 e. The number of rotatable bonds is 8. The number of aliphatic carboxylic acids is 1. The Kier molecular flexibility index (Phi) is 27.0. The molecule has 0 bridgehead atoms. The normalized spacial score (nSPS) is 38.6. The van der Waals surface area contributed by atoms with Crippen LogP contribution in [0.5, 0.6) is 0 Å². The molecule has 386 valence electrons. The summed E-state index contributed by atoms with van der Waals surface area (Å²) < 4.78 is 0. The van der Waals surface area contributed by atoms with Crippen LogP contribution in [-0.2, 0) is 14.4 Å². The van der Waals surface area contributed by atoms with E-state index in [-0.39, 0.29) is 37.5 Å². The van der Waals surface area contributed by atoms with Gasteiger partial charge in [-0.25, -0.2) is 6.57 Å². The highest BCUT2D eigenvalue weighted by molar-refractivity contribution is 5.84. The summed E-state index contributed by atoms with van der Waals surface area (Å²) in [6.45, 7) is 20.2. The maximum absolute atomic E-state index is 10.9. The van der Waals surface area contributed by atoms with Gasteiger partial charge in [0.1, 0.15) is 5.60 Å². The van der Waals surface area contributed by atoms with E-state index in [1.165, 1.54) is 12.8 Å². The number of amides is 2. The van der Waals surface area contributed by atoms with Crippen molar-refractivity contribution in [2.24, 2.45) is 58.4 Å². The molecule has 6 saturated carbocycles. The Labute approximate surface area is 398 Å². The van der Waals surface area contributed by atoms with Crippen molar-refractivity contribution in [3.63, 3.8) is 0 Å². The van der Waals surface area contributed by atoms with Crippen LogP contribution >= 0.6 is 0 Å². The lowest BCUT2D eigenvalue weighted by Crippen LogP contribution is -2.53. The predicted molar refractivity (Wildman–Crippen MR) is 260 cm³/mol. The van der Waals surface area contributed by atoms with E-state index in [4.69, 9.17) is 44.8 Å². The SMILES string of the molecule is CC1CCC(N)(C(N)=O)CC1.CC1CCC(N)(CO)CC1.CC1CCC(O)(CC(=O)O)CC1.CC1CCC(O)(CC(N)=O)CC1.CC1CCC(O)(CO)CC1.[C-]#[N+]CC1(O)CCC(C)CC1. The van der Waals surface area contributed by atoms with Crippen molar-refractivity contribution in [2.45, 2.75) is 242 Å². The molecule has 15 heteroatoms. The molecule has 0 spiro atoms. The van der Waals surface area contributed by atoms with E-state index in [0.29, 0.717) is 37.1 Å². The highest BCUT2D eigenvalue weighted by Gasteiger charge is 2.37. The van der Waals surface area contributed by atoms with Crippen molar-refractivity contribution in [1.82, 2.24) is 0 Å². The van der Waals surface area contributed by atoms with Crippen LogP contribution < -0.4 is 22.9 Å². The average molecular weight is 940 g/mol. The third-order valence-corrected chi connectivity index (χ3v) is 15.7. The van der Waals surface area contributed by atoms with Gasteiger partial charge in [0.05, 0.1) is 48.4 Å². The van der Waals surface area contributed by atoms with Crippen LogP contribution in [0.3, 0.4) is 0 Å². The summed E-state index contributed by atoms with van der Waals surface area (Å²) >= 11 is 0. The Bertz CT molecular complexity index is 1360. The molecule has 0 aromatic carbocycles. The second kappa shape index (κ2) is 28.9. The van der Waals surface area contributed by atoms with Crippen LogP contribution in [-0.4, -0.2) is 107 Å². The van der Waals surface area contributed by atoms with Gasteiger partial charge in [0.25, 0.3) is 0 Å². The maximum atomic E-state index is 10.9. The molecule has 0 unspecified atom stereocenters. The lowest BCUT2D eigenvalue weighted by atomic mass is 9.77. The Morgan fingerprint density at radius 1 is 0.485 bits per heavy atom. The van der Waals surface area contributed by atoms with Crippen molar-refractivity contribution < 1.29 is 50.1 Å². The molecule has 6 fully saturated rings. The first-order valence-corrected chi connectivity index (χ1v) is 25.4. The minimum atomic E-state index is -0.918. The Hall–Kier alpha value is -2.42. The van der Waals surface area contributed by atoms with Crippen LogP contribution in [0.4, 0.5) is 0 Å². The standard InChI is InChI=1S/C9H17NO2.C9H15NO.C9H16O3.C8H16N2O.C8H17NO.C8H16O2/c1-7-2-4-9(12,5-3-7)6-8(10)11;1-8-3-5-9(11,6-4-8)7-10-2;1-7-2-4-9(12,5-3-7)6-8(10)11;1-6-2-4-8(10,5-3-6)7(9)11;1-7-2-4-8(9,6-10)5-3-7;1-7-2-4-8(10,6-9)5-3-7/h7,12H,2-6H2,1H3,(H2,10,11);8,11H,3-7H2,1H3;7,12H,2-6H2,1H3,(H,10,11);6H,2-5,10H2,1H3,(H2,9,11);7,10H,2-6,9H2,1H3;7,9-10H,2-6H2,1H3. The summed E-state index contributed by atoms with van der Waals surface area (Å²) in [5.41, 5.74) is 17.8. The van der Waals surface area contributed by atoms with E-state index in [2.05, 4.69) is 46.4 Å². The van der Waals surface area contributed by atoms with E-state index >= 15 is 0 Å². The van der Waals surface area contributed by atoms with E-state index in [1.54, 1.807) is 0 Å². The van der Waals surface area contributed by atoms with Gasteiger partial charge in [-0.15, -0.1) is 0 Å². The third kappa shape index (κ3) is 24.7. The van der Waals surface area contributed by atoms with E-state index < -0.39 is 39.8 Å². The number of aliphatic hydroxyl groups is 6.